The smallest absolute Gasteiger partial charge is 0.376 e. The topological polar surface area (TPSA) is 60.9 Å². The van der Waals surface area contributed by atoms with Crippen molar-refractivity contribution in [2.24, 2.45) is 5.92 Å². The van der Waals surface area contributed by atoms with Crippen molar-refractivity contribution in [3.05, 3.63) is 47.3 Å². The van der Waals surface area contributed by atoms with Crippen molar-refractivity contribution in [1.82, 2.24) is 4.31 Å². The first-order valence-electron chi connectivity index (χ1n) is 10.0. The van der Waals surface area contributed by atoms with Crippen LogP contribution in [0.3, 0.4) is 0 Å². The van der Waals surface area contributed by atoms with Gasteiger partial charge >= 0.3 is 6.18 Å². The Morgan fingerprint density at radius 1 is 1.16 bits per heavy atom. The van der Waals surface area contributed by atoms with Crippen molar-refractivity contribution in [3.63, 3.8) is 0 Å². The lowest BCUT2D eigenvalue weighted by molar-refractivity contribution is -0.258. The highest BCUT2D eigenvalue weighted by Crippen LogP contribution is 2.39. The summed E-state index contributed by atoms with van der Waals surface area (Å²) in [7, 11) is -3.57. The molecule has 1 aliphatic rings. The highest BCUT2D eigenvalue weighted by molar-refractivity contribution is 7.91. The third-order valence-corrected chi connectivity index (χ3v) is 8.83. The Hall–Kier alpha value is -1.62. The molecule has 1 aromatic heterocycles. The quantitative estimate of drug-likeness (QED) is 0.670. The summed E-state index contributed by atoms with van der Waals surface area (Å²) in [6.45, 7) is 5.86. The van der Waals surface area contributed by atoms with Crippen LogP contribution in [0.15, 0.2) is 46.0 Å². The molecule has 2 heterocycles. The Morgan fingerprint density at radius 2 is 1.81 bits per heavy atom. The molecule has 0 amide bonds. The maximum absolute atomic E-state index is 13.1. The summed E-state index contributed by atoms with van der Waals surface area (Å²) in [5.41, 5.74) is -2.46. The van der Waals surface area contributed by atoms with E-state index in [1.165, 1.54) is 27.8 Å². The number of benzene rings is 1. The summed E-state index contributed by atoms with van der Waals surface area (Å²) in [5.74, 6) is 0.308. The van der Waals surface area contributed by atoms with E-state index < -0.39 is 21.8 Å². The Morgan fingerprint density at radius 3 is 2.32 bits per heavy atom. The number of rotatable bonds is 6. The van der Waals surface area contributed by atoms with Gasteiger partial charge in [0.25, 0.3) is 10.0 Å². The van der Waals surface area contributed by atoms with Crippen molar-refractivity contribution >= 4 is 27.0 Å². The van der Waals surface area contributed by atoms with E-state index in [2.05, 4.69) is 13.8 Å². The summed E-state index contributed by atoms with van der Waals surface area (Å²) >= 11 is 1.18. The molecule has 0 radical (unpaired) electrons. The van der Waals surface area contributed by atoms with Crippen LogP contribution >= 0.6 is 11.3 Å². The number of halogens is 3. The number of sulfonamides is 1. The van der Waals surface area contributed by atoms with Gasteiger partial charge in [0.05, 0.1) is 0 Å². The fraction of sp³-hybridized carbons (Fsp3) is 0.524. The first kappa shape index (κ1) is 24.0. The fourth-order valence-corrected chi connectivity index (χ4v) is 6.42. The SMILES string of the molecule is CC(C)C[C@@H]1CN(S(=O)(=O)c2cccs2)CCN1c1ccc([C@@](C)(O)C(F)(F)F)cc1. The van der Waals surface area contributed by atoms with E-state index in [1.54, 1.807) is 29.6 Å². The molecule has 3 rings (SSSR count). The molecule has 2 atom stereocenters. The van der Waals surface area contributed by atoms with Crippen LogP contribution in [0.2, 0.25) is 0 Å². The number of thiophene rings is 1. The van der Waals surface area contributed by atoms with Gasteiger partial charge in [0.15, 0.2) is 5.60 Å². The summed E-state index contributed by atoms with van der Waals surface area (Å²) in [6.07, 6.45) is -4.05. The molecule has 5 nitrogen and oxygen atoms in total. The lowest BCUT2D eigenvalue weighted by Gasteiger charge is -2.43. The second kappa shape index (κ2) is 8.73. The fourth-order valence-electron chi connectivity index (χ4n) is 3.81. The summed E-state index contributed by atoms with van der Waals surface area (Å²) in [6, 6.07) is 8.87. The molecule has 1 saturated heterocycles. The highest BCUT2D eigenvalue weighted by atomic mass is 32.2. The van der Waals surface area contributed by atoms with Gasteiger partial charge in [0.1, 0.15) is 4.21 Å². The molecule has 0 aliphatic carbocycles. The van der Waals surface area contributed by atoms with E-state index in [4.69, 9.17) is 0 Å². The van der Waals surface area contributed by atoms with Crippen LogP contribution in [0.5, 0.6) is 0 Å². The molecule has 1 N–H and O–H groups in total. The minimum atomic E-state index is -4.78. The third kappa shape index (κ3) is 4.92. The van der Waals surface area contributed by atoms with Crippen LogP contribution in [-0.4, -0.2) is 49.7 Å². The Kier molecular flexibility index (Phi) is 6.76. The van der Waals surface area contributed by atoms with Crippen molar-refractivity contribution in [1.29, 1.82) is 0 Å². The van der Waals surface area contributed by atoms with Crippen LogP contribution in [-0.2, 0) is 15.6 Å². The zero-order valence-corrected chi connectivity index (χ0v) is 19.3. The van der Waals surface area contributed by atoms with E-state index >= 15 is 0 Å². The number of alkyl halides is 3. The van der Waals surface area contributed by atoms with Crippen molar-refractivity contribution in [2.75, 3.05) is 24.5 Å². The van der Waals surface area contributed by atoms with Gasteiger partial charge in [-0.15, -0.1) is 11.3 Å². The molecule has 172 valence electrons. The van der Waals surface area contributed by atoms with Crippen LogP contribution in [0.1, 0.15) is 32.8 Å². The van der Waals surface area contributed by atoms with Gasteiger partial charge in [0.2, 0.25) is 0 Å². The minimum absolute atomic E-state index is 0.113. The highest BCUT2D eigenvalue weighted by Gasteiger charge is 2.51. The summed E-state index contributed by atoms with van der Waals surface area (Å²) in [4.78, 5) is 2.05. The zero-order chi connectivity index (χ0) is 23.0. The van der Waals surface area contributed by atoms with Crippen LogP contribution < -0.4 is 4.90 Å². The molecule has 0 saturated carbocycles. The normalized spacial score (nSPS) is 20.8. The van der Waals surface area contributed by atoms with Crippen LogP contribution in [0, 0.1) is 5.92 Å². The minimum Gasteiger partial charge on any atom is -0.376 e. The number of hydrogen-bond acceptors (Lipinski definition) is 5. The third-order valence-electron chi connectivity index (χ3n) is 5.59. The van der Waals surface area contributed by atoms with Gasteiger partial charge in [-0.25, -0.2) is 8.42 Å². The van der Waals surface area contributed by atoms with Crippen LogP contribution in [0.4, 0.5) is 18.9 Å². The number of hydrogen-bond donors (Lipinski definition) is 1. The Labute approximate surface area is 185 Å². The van der Waals surface area contributed by atoms with Gasteiger partial charge in [-0.05, 0) is 48.4 Å². The van der Waals surface area contributed by atoms with Crippen molar-refractivity contribution < 1.29 is 26.7 Å². The molecular formula is C21H27F3N2O3S2. The van der Waals surface area contributed by atoms with Gasteiger partial charge in [-0.1, -0.05) is 32.0 Å². The number of aliphatic hydroxyl groups is 1. The van der Waals surface area contributed by atoms with Gasteiger partial charge in [0, 0.05) is 31.4 Å². The van der Waals surface area contributed by atoms with Crippen LogP contribution in [0.25, 0.3) is 0 Å². The lowest BCUT2D eigenvalue weighted by Crippen LogP contribution is -2.55. The number of nitrogens with zero attached hydrogens (tertiary/aromatic N) is 2. The largest absolute Gasteiger partial charge is 0.421 e. The van der Waals surface area contributed by atoms with Crippen molar-refractivity contribution in [3.8, 4) is 0 Å². The molecular weight excluding hydrogens is 449 g/mol. The average Bonchev–Trinajstić information content (AvgIpc) is 3.22. The van der Waals surface area contributed by atoms with E-state index in [1.807, 2.05) is 4.90 Å². The second-order valence-corrected chi connectivity index (χ2v) is 11.5. The standard InChI is InChI=1S/C21H27F3N2O3S2/c1-15(2)13-18-14-25(31(28,29)19-5-4-12-30-19)10-11-26(18)17-8-6-16(7-9-17)20(3,27)21(22,23)24/h4-9,12,15,18,27H,10-11,13-14H2,1-3H3/t18-,20-/m1/s1. The Bertz CT molecular complexity index is 972. The number of anilines is 1. The maximum atomic E-state index is 13.1. The van der Waals surface area contributed by atoms with E-state index in [0.717, 1.165) is 13.3 Å². The lowest BCUT2D eigenvalue weighted by atomic mass is 9.94. The van der Waals surface area contributed by atoms with Gasteiger partial charge in [-0.2, -0.15) is 17.5 Å². The van der Waals surface area contributed by atoms with E-state index in [0.29, 0.717) is 28.9 Å². The van der Waals surface area contributed by atoms with Gasteiger partial charge < -0.3 is 10.0 Å². The van der Waals surface area contributed by atoms with E-state index in [9.17, 15) is 26.7 Å². The van der Waals surface area contributed by atoms with Crippen molar-refractivity contribution in [2.45, 2.75) is 49.2 Å². The van der Waals surface area contributed by atoms with Gasteiger partial charge in [-0.3, -0.25) is 0 Å². The molecule has 0 bridgehead atoms. The molecule has 31 heavy (non-hydrogen) atoms. The molecule has 1 aromatic carbocycles. The molecule has 10 heteroatoms. The summed E-state index contributed by atoms with van der Waals surface area (Å²) in [5, 5.41) is 11.6. The molecule has 2 aromatic rings. The number of piperazine rings is 1. The first-order valence-corrected chi connectivity index (χ1v) is 12.4. The monoisotopic (exact) mass is 476 g/mol. The zero-order valence-electron chi connectivity index (χ0n) is 17.6. The molecule has 0 unspecified atom stereocenters. The molecule has 1 fully saturated rings. The second-order valence-electron chi connectivity index (χ2n) is 8.39. The average molecular weight is 477 g/mol. The molecule has 0 spiro atoms. The first-order chi connectivity index (χ1) is 14.3. The predicted octanol–water partition coefficient (Wildman–Crippen LogP) is 4.44. The Balaban J connectivity index is 1.84. The molecule has 1 aliphatic heterocycles. The predicted molar refractivity (Wildman–Crippen MR) is 116 cm³/mol. The maximum Gasteiger partial charge on any atom is 0.421 e. The summed E-state index contributed by atoms with van der Waals surface area (Å²) < 4.78 is 67.1. The van der Waals surface area contributed by atoms with E-state index in [-0.39, 0.29) is 18.2 Å².